The number of methoxy groups -OCH3 is 1. The van der Waals surface area contributed by atoms with Gasteiger partial charge in [-0.25, -0.2) is 5.26 Å². The molecule has 0 aromatic heterocycles. The van der Waals surface area contributed by atoms with E-state index in [1.165, 1.54) is 12.8 Å². The van der Waals surface area contributed by atoms with E-state index in [4.69, 9.17) is 14.7 Å². The zero-order valence-electron chi connectivity index (χ0n) is 25.2. The monoisotopic (exact) mass is 620 g/mol. The Hall–Kier alpha value is -0.270. The second kappa shape index (κ2) is 14.7. The summed E-state index contributed by atoms with van der Waals surface area (Å²) < 4.78 is 51.8. The van der Waals surface area contributed by atoms with Gasteiger partial charge in [0.05, 0.1) is 18.3 Å². The molecular formula is C30H52O9S2. The minimum atomic E-state index is -4.37. The van der Waals surface area contributed by atoms with Crippen molar-refractivity contribution >= 4 is 27.9 Å². The normalized spacial score (nSPS) is 39.4. The average Bonchev–Trinajstić information content (AvgIpc) is 2.96. The Morgan fingerprint density at radius 3 is 1.95 bits per heavy atom. The van der Waals surface area contributed by atoms with Gasteiger partial charge in [-0.05, 0) is 113 Å². The standard InChI is InChI=1S/C30H52O9S2/c1-19-5-6-20(17-27(19)40-39-38-32)29(31)21-7-16-26(28(18-21)41(33,34)35)37-25-14-10-23(11-15-25)30(2,3)22-8-12-24(36-4)13-9-22/h19-28,32H,5-18H2,1-4H3,(H,33,34,35). The van der Waals surface area contributed by atoms with Gasteiger partial charge in [-0.2, -0.15) is 8.42 Å². The van der Waals surface area contributed by atoms with Crippen LogP contribution in [0.25, 0.3) is 0 Å². The summed E-state index contributed by atoms with van der Waals surface area (Å²) in [5.74, 6) is 1.09. The maximum absolute atomic E-state index is 13.5. The van der Waals surface area contributed by atoms with E-state index < -0.39 is 27.4 Å². The van der Waals surface area contributed by atoms with Gasteiger partial charge in [-0.15, -0.1) is 4.33 Å². The molecule has 4 aliphatic carbocycles. The van der Waals surface area contributed by atoms with Crippen molar-refractivity contribution in [1.82, 2.24) is 0 Å². The van der Waals surface area contributed by atoms with Gasteiger partial charge < -0.3 is 9.47 Å². The van der Waals surface area contributed by atoms with E-state index in [9.17, 15) is 17.8 Å². The number of rotatable bonds is 11. The van der Waals surface area contributed by atoms with Gasteiger partial charge in [-0.1, -0.05) is 25.8 Å². The highest BCUT2D eigenvalue weighted by Gasteiger charge is 2.46. The first-order chi connectivity index (χ1) is 19.4. The average molecular weight is 621 g/mol. The summed E-state index contributed by atoms with van der Waals surface area (Å²) in [5.41, 5.74) is 0.255. The zero-order chi connectivity index (χ0) is 29.8. The van der Waals surface area contributed by atoms with Gasteiger partial charge >= 0.3 is 0 Å². The lowest BCUT2D eigenvalue weighted by Gasteiger charge is -2.47. The van der Waals surface area contributed by atoms with Crippen LogP contribution >= 0.6 is 12.0 Å². The lowest BCUT2D eigenvalue weighted by atomic mass is 9.60. The fraction of sp³-hybridized carbons (Fsp3) is 0.967. The van der Waals surface area contributed by atoms with E-state index in [2.05, 4.69) is 30.1 Å². The van der Waals surface area contributed by atoms with Crippen LogP contribution in [0.5, 0.6) is 0 Å². The molecular weight excluding hydrogens is 568 g/mol. The number of carbonyl (C=O) groups excluding carboxylic acids is 1. The highest BCUT2D eigenvalue weighted by molar-refractivity contribution is 7.95. The number of hydrogen-bond acceptors (Lipinski definition) is 9. The van der Waals surface area contributed by atoms with Crippen molar-refractivity contribution < 1.29 is 41.9 Å². The van der Waals surface area contributed by atoms with Crippen LogP contribution in [0.2, 0.25) is 0 Å². The maximum atomic E-state index is 13.5. The van der Waals surface area contributed by atoms with Crippen molar-refractivity contribution in [2.24, 2.45) is 35.0 Å². The molecule has 0 spiro atoms. The summed E-state index contributed by atoms with van der Waals surface area (Å²) in [7, 11) is -2.55. The number of ether oxygens (including phenoxy) is 2. The molecule has 4 saturated carbocycles. The first-order valence-electron chi connectivity index (χ1n) is 15.8. The van der Waals surface area contributed by atoms with Crippen LogP contribution in [-0.2, 0) is 33.8 Å². The molecule has 4 fully saturated rings. The second-order valence-electron chi connectivity index (χ2n) is 13.9. The molecule has 2 N–H and O–H groups in total. The third-order valence-electron chi connectivity index (χ3n) is 11.4. The molecule has 238 valence electrons. The molecule has 0 radical (unpaired) electrons. The molecule has 9 nitrogen and oxygen atoms in total. The molecule has 41 heavy (non-hydrogen) atoms. The van der Waals surface area contributed by atoms with Crippen LogP contribution in [0.4, 0.5) is 0 Å². The van der Waals surface area contributed by atoms with Gasteiger partial charge in [0.1, 0.15) is 11.0 Å². The lowest BCUT2D eigenvalue weighted by molar-refractivity contribution is -0.432. The van der Waals surface area contributed by atoms with Gasteiger partial charge in [0.15, 0.2) is 0 Å². The molecule has 0 aliphatic heterocycles. The molecule has 11 heteroatoms. The fourth-order valence-electron chi connectivity index (χ4n) is 8.47. The Labute approximate surface area is 251 Å². The van der Waals surface area contributed by atoms with E-state index in [0.717, 1.165) is 63.4 Å². The second-order valence-corrected chi connectivity index (χ2v) is 16.5. The van der Waals surface area contributed by atoms with E-state index >= 15 is 0 Å². The van der Waals surface area contributed by atoms with Crippen LogP contribution in [0.3, 0.4) is 0 Å². The predicted octanol–water partition coefficient (Wildman–Crippen LogP) is 6.66. The molecule has 0 heterocycles. The Bertz CT molecular complexity index is 942. The van der Waals surface area contributed by atoms with Crippen LogP contribution < -0.4 is 0 Å². The van der Waals surface area contributed by atoms with E-state index in [0.29, 0.717) is 43.1 Å². The van der Waals surface area contributed by atoms with Crippen LogP contribution in [0.15, 0.2) is 0 Å². The van der Waals surface area contributed by atoms with Crippen molar-refractivity contribution in [1.29, 1.82) is 0 Å². The lowest BCUT2D eigenvalue weighted by Crippen LogP contribution is -2.46. The topological polar surface area (TPSA) is 129 Å². The van der Waals surface area contributed by atoms with Crippen molar-refractivity contribution in [3.8, 4) is 0 Å². The Kier molecular flexibility index (Phi) is 12.0. The maximum Gasteiger partial charge on any atom is 0.270 e. The molecule has 6 unspecified atom stereocenters. The van der Waals surface area contributed by atoms with Crippen molar-refractivity contribution in [3.63, 3.8) is 0 Å². The molecule has 0 aromatic carbocycles. The highest BCUT2D eigenvalue weighted by Crippen LogP contribution is 2.49. The van der Waals surface area contributed by atoms with Gasteiger partial charge in [0.25, 0.3) is 10.1 Å². The van der Waals surface area contributed by atoms with Crippen LogP contribution in [-0.4, -0.2) is 59.9 Å². The molecule has 0 aromatic rings. The zero-order valence-corrected chi connectivity index (χ0v) is 26.9. The number of hydrogen-bond donors (Lipinski definition) is 2. The number of Topliss-reactive ketones (excluding diaryl/α,β-unsaturated/α-hetero) is 1. The smallest absolute Gasteiger partial charge is 0.270 e. The fourth-order valence-corrected chi connectivity index (χ4v) is 10.3. The molecule has 6 atom stereocenters. The summed E-state index contributed by atoms with van der Waals surface area (Å²) in [5, 5.41) is 11.2. The van der Waals surface area contributed by atoms with Crippen LogP contribution in [0, 0.1) is 35.0 Å². The largest absolute Gasteiger partial charge is 0.381 e. The van der Waals surface area contributed by atoms with E-state index in [1.807, 2.05) is 7.11 Å². The summed E-state index contributed by atoms with van der Waals surface area (Å²) in [6.07, 6.45) is 11.7. The third-order valence-corrected chi connectivity index (χ3v) is 13.7. The van der Waals surface area contributed by atoms with E-state index in [-0.39, 0.29) is 34.9 Å². The van der Waals surface area contributed by atoms with Crippen molar-refractivity contribution in [3.05, 3.63) is 0 Å². The van der Waals surface area contributed by atoms with Gasteiger partial charge in [0, 0.05) is 36.2 Å². The Morgan fingerprint density at radius 1 is 0.829 bits per heavy atom. The number of carbonyl (C=O) groups is 1. The molecule has 4 rings (SSSR count). The minimum Gasteiger partial charge on any atom is -0.381 e. The summed E-state index contributed by atoms with van der Waals surface area (Å²) in [4.78, 5) is 13.5. The SMILES string of the molecule is COC1CCC(C(C)(C)C2CCC(OC3CCC(C(=O)C4CCC(C)C(SOOO)C4)CC3S(=O)(=O)O)CC2)CC1. The Balaban J connectivity index is 1.30. The van der Waals surface area contributed by atoms with Gasteiger partial charge in [-0.3, -0.25) is 9.35 Å². The first kappa shape index (κ1) is 33.6. The highest BCUT2D eigenvalue weighted by atomic mass is 32.2. The summed E-state index contributed by atoms with van der Waals surface area (Å²) >= 11 is 1.02. The number of ketones is 1. The first-order valence-corrected chi connectivity index (χ1v) is 18.1. The minimum absolute atomic E-state index is 0.00221. The van der Waals surface area contributed by atoms with Crippen molar-refractivity contribution in [2.75, 3.05) is 7.11 Å². The summed E-state index contributed by atoms with van der Waals surface area (Å²) in [6.45, 7) is 6.92. The molecule has 4 aliphatic rings. The Morgan fingerprint density at radius 2 is 1.39 bits per heavy atom. The molecule has 0 amide bonds. The summed E-state index contributed by atoms with van der Waals surface area (Å²) in [6, 6.07) is 0. The predicted molar refractivity (Wildman–Crippen MR) is 158 cm³/mol. The quantitative estimate of drug-likeness (QED) is 0.112. The molecule has 0 bridgehead atoms. The third kappa shape index (κ3) is 8.47. The molecule has 0 saturated heterocycles. The van der Waals surface area contributed by atoms with Crippen molar-refractivity contribution in [2.45, 2.75) is 139 Å². The van der Waals surface area contributed by atoms with Crippen LogP contribution in [0.1, 0.15) is 111 Å². The van der Waals surface area contributed by atoms with E-state index in [1.54, 1.807) is 0 Å². The van der Waals surface area contributed by atoms with Gasteiger partial charge in [0.2, 0.25) is 0 Å².